The molecule has 0 atom stereocenters. The van der Waals surface area contributed by atoms with Gasteiger partial charge in [0.2, 0.25) is 0 Å². The van der Waals surface area contributed by atoms with Crippen LogP contribution in [-0.4, -0.2) is 10.2 Å². The van der Waals surface area contributed by atoms with Crippen LogP contribution < -0.4 is 0 Å². The molecule has 2 nitrogen and oxygen atoms in total. The third kappa shape index (κ3) is 1.92. The second kappa shape index (κ2) is 3.86. The lowest BCUT2D eigenvalue weighted by molar-refractivity contribution is 0.103. The second-order valence-corrected chi connectivity index (χ2v) is 3.52. The van der Waals surface area contributed by atoms with Crippen molar-refractivity contribution in [3.05, 3.63) is 52.5 Å². The highest BCUT2D eigenvalue weighted by atomic mass is 32.1. The fraction of sp³-hybridized carbons (Fsp3) is 0. The van der Waals surface area contributed by atoms with Gasteiger partial charge in [0.1, 0.15) is 11.6 Å². The molecule has 0 aliphatic heterocycles. The first-order valence-electron chi connectivity index (χ1n) is 4.07. The van der Waals surface area contributed by atoms with Gasteiger partial charge in [0, 0.05) is 5.38 Å². The summed E-state index contributed by atoms with van der Waals surface area (Å²) in [5, 5.41) is 1.49. The van der Waals surface area contributed by atoms with Crippen LogP contribution in [-0.2, 0) is 0 Å². The van der Waals surface area contributed by atoms with E-state index in [1.54, 1.807) is 0 Å². The summed E-state index contributed by atoms with van der Waals surface area (Å²) in [5.41, 5.74) is -0.000278. The Labute approximate surface area is 88.3 Å². The molecule has 76 valence electrons. The molecule has 0 radical (unpaired) electrons. The highest BCUT2D eigenvalue weighted by Crippen LogP contribution is 2.15. The molecule has 1 heterocycles. The van der Waals surface area contributed by atoms with E-state index in [9.17, 15) is 13.6 Å². The Hall–Kier alpha value is -1.62. The fourth-order valence-electron chi connectivity index (χ4n) is 1.14. The maximum atomic E-state index is 13.2. The highest BCUT2D eigenvalue weighted by Gasteiger charge is 2.15. The molecule has 0 fully saturated rings. The lowest BCUT2D eigenvalue weighted by Crippen LogP contribution is -2.03. The summed E-state index contributed by atoms with van der Waals surface area (Å²) in [6.07, 6.45) is 1.33. The predicted octanol–water partition coefficient (Wildman–Crippen LogP) is 2.65. The molecule has 0 aliphatic carbocycles. The van der Waals surface area contributed by atoms with Gasteiger partial charge in [-0.15, -0.1) is 0 Å². The van der Waals surface area contributed by atoms with Gasteiger partial charge in [-0.25, -0.2) is 13.2 Å². The lowest BCUT2D eigenvalue weighted by atomic mass is 10.1. The average Bonchev–Trinajstić information content (AvgIpc) is 2.74. The van der Waals surface area contributed by atoms with Crippen molar-refractivity contribution in [3.8, 4) is 0 Å². The molecular formula is C10H5F2NOS. The highest BCUT2D eigenvalue weighted by molar-refractivity contribution is 7.03. The topological polar surface area (TPSA) is 30.0 Å². The largest absolute Gasteiger partial charge is 0.288 e. The van der Waals surface area contributed by atoms with Crippen LogP contribution in [0.3, 0.4) is 0 Å². The first kappa shape index (κ1) is 9.92. The van der Waals surface area contributed by atoms with E-state index in [-0.39, 0.29) is 11.1 Å². The minimum absolute atomic E-state index is 0.268. The Bertz CT molecular complexity index is 496. The van der Waals surface area contributed by atoms with Gasteiger partial charge in [-0.2, -0.15) is 0 Å². The molecule has 2 rings (SSSR count). The molecule has 2 aromatic rings. The van der Waals surface area contributed by atoms with Gasteiger partial charge in [-0.1, -0.05) is 0 Å². The molecule has 0 amide bonds. The summed E-state index contributed by atoms with van der Waals surface area (Å²) in [5.74, 6) is -1.92. The van der Waals surface area contributed by atoms with Crippen molar-refractivity contribution in [1.82, 2.24) is 4.37 Å². The number of halogens is 2. The summed E-state index contributed by atoms with van der Waals surface area (Å²) < 4.78 is 29.8. The summed E-state index contributed by atoms with van der Waals surface area (Å²) in [7, 11) is 0. The molecule has 0 saturated carbocycles. The Morgan fingerprint density at radius 2 is 2.13 bits per heavy atom. The SMILES string of the molecule is O=C(c1cnsc1)c1cc(F)ccc1F. The van der Waals surface area contributed by atoms with Crippen molar-refractivity contribution in [2.45, 2.75) is 0 Å². The van der Waals surface area contributed by atoms with Crippen LogP contribution in [0.1, 0.15) is 15.9 Å². The number of hydrogen-bond acceptors (Lipinski definition) is 3. The van der Waals surface area contributed by atoms with Crippen LogP contribution in [0.5, 0.6) is 0 Å². The quantitative estimate of drug-likeness (QED) is 0.735. The molecular weight excluding hydrogens is 220 g/mol. The molecule has 0 unspecified atom stereocenters. The van der Waals surface area contributed by atoms with Gasteiger partial charge in [0.25, 0.3) is 0 Å². The molecule has 0 bridgehead atoms. The number of benzene rings is 1. The monoisotopic (exact) mass is 225 g/mol. The molecule has 15 heavy (non-hydrogen) atoms. The summed E-state index contributed by atoms with van der Waals surface area (Å²) in [6.45, 7) is 0. The van der Waals surface area contributed by atoms with Crippen molar-refractivity contribution in [2.24, 2.45) is 0 Å². The van der Waals surface area contributed by atoms with Gasteiger partial charge in [0.05, 0.1) is 17.3 Å². The zero-order valence-electron chi connectivity index (χ0n) is 7.41. The van der Waals surface area contributed by atoms with E-state index in [1.807, 2.05) is 0 Å². The molecule has 5 heteroatoms. The average molecular weight is 225 g/mol. The lowest BCUT2D eigenvalue weighted by Gasteiger charge is -1.99. The van der Waals surface area contributed by atoms with Crippen LogP contribution in [0.25, 0.3) is 0 Å². The molecule has 0 spiro atoms. The van der Waals surface area contributed by atoms with Gasteiger partial charge < -0.3 is 0 Å². The van der Waals surface area contributed by atoms with E-state index in [1.165, 1.54) is 11.6 Å². The number of rotatable bonds is 2. The van der Waals surface area contributed by atoms with E-state index in [0.717, 1.165) is 29.7 Å². The molecule has 0 N–H and O–H groups in total. The number of aromatic nitrogens is 1. The van der Waals surface area contributed by atoms with Gasteiger partial charge >= 0.3 is 0 Å². The van der Waals surface area contributed by atoms with E-state index >= 15 is 0 Å². The van der Waals surface area contributed by atoms with Gasteiger partial charge in [-0.3, -0.25) is 4.79 Å². The smallest absolute Gasteiger partial charge is 0.198 e. The zero-order valence-corrected chi connectivity index (χ0v) is 8.22. The van der Waals surface area contributed by atoms with Crippen molar-refractivity contribution >= 4 is 17.3 Å². The van der Waals surface area contributed by atoms with E-state index in [0.29, 0.717) is 0 Å². The second-order valence-electron chi connectivity index (χ2n) is 2.87. The normalized spacial score (nSPS) is 10.3. The van der Waals surface area contributed by atoms with Crippen LogP contribution in [0.15, 0.2) is 29.8 Å². The van der Waals surface area contributed by atoms with Crippen molar-refractivity contribution in [3.63, 3.8) is 0 Å². The van der Waals surface area contributed by atoms with Crippen LogP contribution in [0.4, 0.5) is 8.78 Å². The number of nitrogens with zero attached hydrogens (tertiary/aromatic N) is 1. The Morgan fingerprint density at radius 3 is 2.80 bits per heavy atom. The van der Waals surface area contributed by atoms with E-state index < -0.39 is 17.4 Å². The molecule has 1 aromatic carbocycles. The first-order chi connectivity index (χ1) is 7.18. The molecule has 0 saturated heterocycles. The minimum atomic E-state index is -0.729. The predicted molar refractivity (Wildman–Crippen MR) is 51.9 cm³/mol. The number of hydrogen-bond donors (Lipinski definition) is 0. The van der Waals surface area contributed by atoms with E-state index in [2.05, 4.69) is 4.37 Å². The standard InChI is InChI=1S/C10H5F2NOS/c11-7-1-2-9(12)8(3-7)10(14)6-4-13-15-5-6/h1-5H. The maximum absolute atomic E-state index is 13.2. The zero-order chi connectivity index (χ0) is 10.8. The number of carbonyl (C=O) groups is 1. The minimum Gasteiger partial charge on any atom is -0.288 e. The van der Waals surface area contributed by atoms with Gasteiger partial charge in [0.15, 0.2) is 5.78 Å². The van der Waals surface area contributed by atoms with Crippen LogP contribution >= 0.6 is 11.5 Å². The summed E-state index contributed by atoms with van der Waals surface area (Å²) >= 11 is 1.09. The Morgan fingerprint density at radius 1 is 1.33 bits per heavy atom. The van der Waals surface area contributed by atoms with Crippen LogP contribution in [0.2, 0.25) is 0 Å². The summed E-state index contributed by atoms with van der Waals surface area (Å²) in [6, 6.07) is 2.79. The first-order valence-corrected chi connectivity index (χ1v) is 4.91. The molecule has 1 aromatic heterocycles. The van der Waals surface area contributed by atoms with Crippen molar-refractivity contribution < 1.29 is 13.6 Å². The Balaban J connectivity index is 2.46. The third-order valence-electron chi connectivity index (χ3n) is 1.87. The molecule has 0 aliphatic rings. The number of ketones is 1. The fourth-order valence-corrected chi connectivity index (χ4v) is 1.66. The third-order valence-corrected chi connectivity index (χ3v) is 2.45. The van der Waals surface area contributed by atoms with Crippen molar-refractivity contribution in [1.29, 1.82) is 0 Å². The van der Waals surface area contributed by atoms with Gasteiger partial charge in [-0.05, 0) is 29.7 Å². The van der Waals surface area contributed by atoms with E-state index in [4.69, 9.17) is 0 Å². The maximum Gasteiger partial charge on any atom is 0.198 e. The number of carbonyl (C=O) groups excluding carboxylic acids is 1. The van der Waals surface area contributed by atoms with Crippen molar-refractivity contribution in [2.75, 3.05) is 0 Å². The Kier molecular flexibility index (Phi) is 2.55. The van der Waals surface area contributed by atoms with Crippen LogP contribution in [0, 0.1) is 11.6 Å². The summed E-state index contributed by atoms with van der Waals surface area (Å²) in [4.78, 5) is 11.6.